The highest BCUT2D eigenvalue weighted by molar-refractivity contribution is 9.10. The van der Waals surface area contributed by atoms with Crippen LogP contribution in [0.1, 0.15) is 62.3 Å². The van der Waals surface area contributed by atoms with Crippen LogP contribution in [0.4, 0.5) is 0 Å². The lowest BCUT2D eigenvalue weighted by Crippen LogP contribution is -2.62. The molecule has 0 aliphatic carbocycles. The lowest BCUT2D eigenvalue weighted by atomic mass is 9.79. The summed E-state index contributed by atoms with van der Waals surface area (Å²) in [5, 5.41) is 6.90. The van der Waals surface area contributed by atoms with Crippen LogP contribution in [0, 0.1) is 13.8 Å². The maximum absolute atomic E-state index is 13.0. The van der Waals surface area contributed by atoms with E-state index in [4.69, 9.17) is 0 Å². The van der Waals surface area contributed by atoms with E-state index in [9.17, 15) is 4.79 Å². The Morgan fingerprint density at radius 2 is 1.88 bits per heavy atom. The van der Waals surface area contributed by atoms with Gasteiger partial charge in [0.1, 0.15) is 5.69 Å². The largest absolute Gasteiger partial charge is 0.348 e. The van der Waals surface area contributed by atoms with Crippen LogP contribution in [0.3, 0.4) is 0 Å². The Morgan fingerprint density at radius 3 is 2.48 bits per heavy atom. The van der Waals surface area contributed by atoms with E-state index in [0.29, 0.717) is 5.69 Å². The van der Waals surface area contributed by atoms with Gasteiger partial charge in [0.25, 0.3) is 5.91 Å². The average molecular weight is 407 g/mol. The van der Waals surface area contributed by atoms with Crippen LogP contribution in [0.15, 0.2) is 16.7 Å². The number of pyridine rings is 1. The molecule has 0 bridgehead atoms. The summed E-state index contributed by atoms with van der Waals surface area (Å²) in [7, 11) is 0. The van der Waals surface area contributed by atoms with Crippen molar-refractivity contribution in [3.63, 3.8) is 0 Å². The molecule has 25 heavy (non-hydrogen) atoms. The van der Waals surface area contributed by atoms with Gasteiger partial charge in [-0.1, -0.05) is 0 Å². The van der Waals surface area contributed by atoms with Crippen molar-refractivity contribution in [1.29, 1.82) is 0 Å². The molecule has 1 aliphatic rings. The second kappa shape index (κ2) is 6.09. The molecular weight excluding hydrogens is 380 g/mol. The van der Waals surface area contributed by atoms with E-state index in [-0.39, 0.29) is 23.0 Å². The van der Waals surface area contributed by atoms with Crippen molar-refractivity contribution in [1.82, 2.24) is 20.0 Å². The van der Waals surface area contributed by atoms with Gasteiger partial charge in [-0.15, -0.1) is 0 Å². The molecule has 1 fully saturated rings. The van der Waals surface area contributed by atoms with E-state index < -0.39 is 0 Å². The zero-order chi connectivity index (χ0) is 18.6. The fourth-order valence-electron chi connectivity index (χ4n) is 4.30. The van der Waals surface area contributed by atoms with Gasteiger partial charge in [0.2, 0.25) is 0 Å². The summed E-state index contributed by atoms with van der Waals surface area (Å²) >= 11 is 3.55. The number of rotatable bonds is 2. The molecule has 1 amide bonds. The molecule has 3 heterocycles. The van der Waals surface area contributed by atoms with Crippen LogP contribution < -0.4 is 10.6 Å². The molecule has 0 saturated carbocycles. The van der Waals surface area contributed by atoms with Crippen LogP contribution in [-0.4, -0.2) is 32.4 Å². The molecule has 0 aromatic carbocycles. The number of carbonyl (C=O) groups excluding carboxylic acids is 1. The first kappa shape index (κ1) is 18.4. The molecule has 2 aromatic heterocycles. The normalized spacial score (nSPS) is 20.0. The van der Waals surface area contributed by atoms with Crippen LogP contribution in [-0.2, 0) is 0 Å². The topological polar surface area (TPSA) is 58.4 Å². The summed E-state index contributed by atoms with van der Waals surface area (Å²) in [4.78, 5) is 17.6. The average Bonchev–Trinajstić information content (AvgIpc) is 2.71. The number of fused-ring (bicyclic) bond motifs is 1. The molecule has 6 heteroatoms. The van der Waals surface area contributed by atoms with E-state index >= 15 is 0 Å². The Bertz CT molecular complexity index is 822. The van der Waals surface area contributed by atoms with Crippen molar-refractivity contribution in [2.75, 3.05) is 0 Å². The molecule has 1 saturated heterocycles. The van der Waals surface area contributed by atoms with Crippen molar-refractivity contribution >= 4 is 27.5 Å². The Morgan fingerprint density at radius 1 is 1.28 bits per heavy atom. The van der Waals surface area contributed by atoms with Crippen molar-refractivity contribution < 1.29 is 4.79 Å². The molecule has 0 spiro atoms. The number of halogens is 1. The molecule has 0 unspecified atom stereocenters. The summed E-state index contributed by atoms with van der Waals surface area (Å²) in [5.41, 5.74) is 3.21. The Labute approximate surface area is 157 Å². The summed E-state index contributed by atoms with van der Waals surface area (Å²) in [6.45, 7) is 12.7. The molecule has 2 N–H and O–H groups in total. The number of nitrogens with one attached hydrogen (secondary N) is 2. The Hall–Kier alpha value is -1.40. The molecule has 1 aliphatic heterocycles. The second-order valence-electron chi connectivity index (χ2n) is 8.58. The fraction of sp³-hybridized carbons (Fsp3) is 0.579. The summed E-state index contributed by atoms with van der Waals surface area (Å²) in [6.07, 6.45) is 3.77. The molecule has 3 rings (SSSR count). The predicted octanol–water partition coefficient (Wildman–Crippen LogP) is 3.75. The number of aryl methyl sites for hydroxylation is 2. The van der Waals surface area contributed by atoms with Crippen LogP contribution >= 0.6 is 15.9 Å². The smallest absolute Gasteiger partial charge is 0.270 e. The van der Waals surface area contributed by atoms with Gasteiger partial charge in [0.15, 0.2) is 5.65 Å². The lowest BCUT2D eigenvalue weighted by Gasteiger charge is -2.46. The standard InChI is InChI=1S/C19H27BrN4O/c1-11-7-14(20)16-21-12(2)15(24(16)10-11)17(25)22-13-8-18(3,4)23-19(5,6)9-13/h7,10,13,23H,8-9H2,1-6H3,(H,22,25). The highest BCUT2D eigenvalue weighted by atomic mass is 79.9. The molecule has 0 radical (unpaired) electrons. The van der Waals surface area contributed by atoms with Crippen molar-refractivity contribution in [2.45, 2.75) is 71.5 Å². The van der Waals surface area contributed by atoms with Gasteiger partial charge in [-0.2, -0.15) is 0 Å². The molecule has 136 valence electrons. The van der Waals surface area contributed by atoms with E-state index in [1.807, 2.05) is 30.5 Å². The van der Waals surface area contributed by atoms with Gasteiger partial charge in [0.05, 0.1) is 10.2 Å². The third-order valence-electron chi connectivity index (χ3n) is 4.73. The minimum Gasteiger partial charge on any atom is -0.348 e. The van der Waals surface area contributed by atoms with Gasteiger partial charge < -0.3 is 10.6 Å². The number of aromatic nitrogens is 2. The lowest BCUT2D eigenvalue weighted by molar-refractivity contribution is 0.0867. The third kappa shape index (κ3) is 3.75. The Kier molecular flexibility index (Phi) is 4.48. The number of amides is 1. The first-order valence-electron chi connectivity index (χ1n) is 8.72. The third-order valence-corrected chi connectivity index (χ3v) is 5.31. The fourth-order valence-corrected chi connectivity index (χ4v) is 4.94. The van der Waals surface area contributed by atoms with Crippen molar-refractivity contribution in [3.05, 3.63) is 33.7 Å². The van der Waals surface area contributed by atoms with Crippen LogP contribution in [0.2, 0.25) is 0 Å². The van der Waals surface area contributed by atoms with Gasteiger partial charge in [-0.3, -0.25) is 9.20 Å². The zero-order valence-electron chi connectivity index (χ0n) is 15.8. The van der Waals surface area contributed by atoms with Crippen LogP contribution in [0.5, 0.6) is 0 Å². The van der Waals surface area contributed by atoms with E-state index in [1.165, 1.54) is 0 Å². The monoisotopic (exact) mass is 406 g/mol. The van der Waals surface area contributed by atoms with E-state index in [2.05, 4.69) is 59.2 Å². The first-order chi connectivity index (χ1) is 11.5. The number of hydrogen-bond donors (Lipinski definition) is 2. The summed E-state index contributed by atoms with van der Waals surface area (Å²) in [6, 6.07) is 2.15. The van der Waals surface area contributed by atoms with Gasteiger partial charge >= 0.3 is 0 Å². The highest BCUT2D eigenvalue weighted by Gasteiger charge is 2.38. The number of imidazole rings is 1. The van der Waals surface area contributed by atoms with Crippen LogP contribution in [0.25, 0.3) is 5.65 Å². The Balaban J connectivity index is 1.92. The summed E-state index contributed by atoms with van der Waals surface area (Å²) < 4.78 is 2.79. The maximum atomic E-state index is 13.0. The second-order valence-corrected chi connectivity index (χ2v) is 9.43. The van der Waals surface area contributed by atoms with Gasteiger partial charge in [0, 0.05) is 23.3 Å². The van der Waals surface area contributed by atoms with Crippen molar-refractivity contribution in [2.24, 2.45) is 0 Å². The highest BCUT2D eigenvalue weighted by Crippen LogP contribution is 2.29. The number of hydrogen-bond acceptors (Lipinski definition) is 3. The number of piperidine rings is 1. The number of carbonyl (C=O) groups is 1. The zero-order valence-corrected chi connectivity index (χ0v) is 17.4. The SMILES string of the molecule is Cc1cc(Br)c2nc(C)c(C(=O)NC3CC(C)(C)NC(C)(C)C3)n2c1. The summed E-state index contributed by atoms with van der Waals surface area (Å²) in [5.74, 6) is -0.0546. The van der Waals surface area contributed by atoms with E-state index in [1.54, 1.807) is 0 Å². The van der Waals surface area contributed by atoms with Gasteiger partial charge in [-0.25, -0.2) is 4.98 Å². The maximum Gasteiger partial charge on any atom is 0.270 e. The number of nitrogens with zero attached hydrogens (tertiary/aromatic N) is 2. The molecule has 5 nitrogen and oxygen atoms in total. The van der Waals surface area contributed by atoms with Crippen molar-refractivity contribution in [3.8, 4) is 0 Å². The molecular formula is C19H27BrN4O. The first-order valence-corrected chi connectivity index (χ1v) is 9.52. The predicted molar refractivity (Wildman–Crippen MR) is 104 cm³/mol. The minimum atomic E-state index is -0.0546. The molecule has 0 atom stereocenters. The quantitative estimate of drug-likeness (QED) is 0.797. The minimum absolute atomic E-state index is 0.00611. The van der Waals surface area contributed by atoms with E-state index in [0.717, 1.165) is 34.2 Å². The van der Waals surface area contributed by atoms with Gasteiger partial charge in [-0.05, 0) is 81.9 Å². The molecule has 2 aromatic rings.